The van der Waals surface area contributed by atoms with Crippen LogP contribution in [0.5, 0.6) is 11.5 Å². The van der Waals surface area contributed by atoms with Gasteiger partial charge in [-0.15, -0.1) is 0 Å². The van der Waals surface area contributed by atoms with Gasteiger partial charge in [0.15, 0.2) is 0 Å². The molecule has 2 rings (SSSR count). The lowest BCUT2D eigenvalue weighted by atomic mass is 10.1. The number of carbonyl (C=O) groups excluding carboxylic acids is 1. The van der Waals surface area contributed by atoms with Gasteiger partial charge in [0.2, 0.25) is 0 Å². The number of hydrogen-bond donors (Lipinski definition) is 3. The zero-order chi connectivity index (χ0) is 15.2. The van der Waals surface area contributed by atoms with Crippen LogP contribution in [-0.4, -0.2) is 28.6 Å². The van der Waals surface area contributed by atoms with Gasteiger partial charge < -0.3 is 21.3 Å². The Morgan fingerprint density at radius 3 is 2.57 bits per heavy atom. The topological polar surface area (TPSA) is 111 Å². The van der Waals surface area contributed by atoms with E-state index in [2.05, 4.69) is 4.98 Å². The van der Waals surface area contributed by atoms with Crippen LogP contribution in [0.2, 0.25) is 0 Å². The monoisotopic (exact) mass is 287 g/mol. The van der Waals surface area contributed by atoms with E-state index < -0.39 is 5.91 Å². The minimum Gasteiger partial charge on any atom is -0.457 e. The van der Waals surface area contributed by atoms with Crippen molar-refractivity contribution in [1.82, 2.24) is 4.98 Å². The predicted octanol–water partition coefficient (Wildman–Crippen LogP) is 0.835. The highest BCUT2D eigenvalue weighted by atomic mass is 16.5. The van der Waals surface area contributed by atoms with Gasteiger partial charge >= 0.3 is 0 Å². The molecule has 0 radical (unpaired) electrons. The summed E-state index contributed by atoms with van der Waals surface area (Å²) in [6.07, 6.45) is 2.06. The summed E-state index contributed by atoms with van der Waals surface area (Å²) in [5.74, 6) is 0.505. The minimum absolute atomic E-state index is 0.0504. The number of aliphatic hydroxyl groups excluding tert-OH is 1. The maximum Gasteiger partial charge on any atom is 0.267 e. The quantitative estimate of drug-likeness (QED) is 0.728. The van der Waals surface area contributed by atoms with E-state index >= 15 is 0 Å². The third-order valence-electron chi connectivity index (χ3n) is 2.88. The Morgan fingerprint density at radius 2 is 1.95 bits per heavy atom. The normalized spacial score (nSPS) is 11.9. The zero-order valence-electron chi connectivity index (χ0n) is 11.4. The van der Waals surface area contributed by atoms with E-state index in [1.807, 2.05) is 12.1 Å². The molecule has 0 aliphatic heterocycles. The zero-order valence-corrected chi connectivity index (χ0v) is 11.4. The summed E-state index contributed by atoms with van der Waals surface area (Å²) in [5, 5.41) is 8.92. The Hall–Kier alpha value is -2.44. The Morgan fingerprint density at radius 1 is 1.24 bits per heavy atom. The van der Waals surface area contributed by atoms with Crippen molar-refractivity contribution in [2.75, 3.05) is 6.61 Å². The molecule has 0 saturated heterocycles. The molecular formula is C15H17N3O3. The molecule has 0 saturated carbocycles. The molecule has 2 aromatic rings. The molecule has 21 heavy (non-hydrogen) atoms. The maximum atomic E-state index is 11.1. The Bertz CT molecular complexity index is 614. The highest BCUT2D eigenvalue weighted by Gasteiger charge is 2.06. The molecule has 1 aromatic carbocycles. The second kappa shape index (κ2) is 6.83. The number of rotatable bonds is 6. The van der Waals surface area contributed by atoms with Crippen LogP contribution in [0.4, 0.5) is 0 Å². The van der Waals surface area contributed by atoms with Crippen molar-refractivity contribution in [3.8, 4) is 11.5 Å². The first-order valence-corrected chi connectivity index (χ1v) is 6.47. The van der Waals surface area contributed by atoms with E-state index in [1.54, 1.807) is 18.2 Å². The lowest BCUT2D eigenvalue weighted by Crippen LogP contribution is -2.26. The summed E-state index contributed by atoms with van der Waals surface area (Å²) in [4.78, 5) is 14.9. The molecule has 6 heteroatoms. The second-order valence-corrected chi connectivity index (χ2v) is 4.63. The van der Waals surface area contributed by atoms with Gasteiger partial charge in [0.25, 0.3) is 5.91 Å². The number of benzene rings is 1. The maximum absolute atomic E-state index is 11.1. The van der Waals surface area contributed by atoms with E-state index in [0.29, 0.717) is 17.9 Å². The Labute approximate surface area is 122 Å². The van der Waals surface area contributed by atoms with Crippen molar-refractivity contribution in [2.45, 2.75) is 12.5 Å². The average Bonchev–Trinajstić information content (AvgIpc) is 2.49. The highest BCUT2D eigenvalue weighted by molar-refractivity contribution is 5.91. The summed E-state index contributed by atoms with van der Waals surface area (Å²) in [7, 11) is 0. The molecule has 0 aliphatic carbocycles. The van der Waals surface area contributed by atoms with Gasteiger partial charge in [0.1, 0.15) is 17.2 Å². The third kappa shape index (κ3) is 4.27. The van der Waals surface area contributed by atoms with Crippen molar-refractivity contribution >= 4 is 5.91 Å². The van der Waals surface area contributed by atoms with Crippen molar-refractivity contribution in [1.29, 1.82) is 0 Å². The van der Waals surface area contributed by atoms with Crippen LogP contribution in [0.3, 0.4) is 0 Å². The number of nitrogens with zero attached hydrogens (tertiary/aromatic N) is 1. The lowest BCUT2D eigenvalue weighted by Gasteiger charge is -2.10. The number of amides is 1. The first kappa shape index (κ1) is 15.0. The van der Waals surface area contributed by atoms with Crippen LogP contribution in [0, 0.1) is 0 Å². The number of carbonyl (C=O) groups is 1. The van der Waals surface area contributed by atoms with E-state index in [9.17, 15) is 4.79 Å². The van der Waals surface area contributed by atoms with Crippen LogP contribution < -0.4 is 16.2 Å². The van der Waals surface area contributed by atoms with Crippen molar-refractivity contribution in [3.63, 3.8) is 0 Å². The van der Waals surface area contributed by atoms with Crippen LogP contribution in [0.25, 0.3) is 0 Å². The van der Waals surface area contributed by atoms with Gasteiger partial charge in [-0.25, -0.2) is 0 Å². The summed E-state index contributed by atoms with van der Waals surface area (Å²) < 4.78 is 5.63. The van der Waals surface area contributed by atoms with Crippen molar-refractivity contribution < 1.29 is 14.6 Å². The van der Waals surface area contributed by atoms with Crippen LogP contribution in [-0.2, 0) is 6.42 Å². The Kier molecular flexibility index (Phi) is 4.86. The smallest absolute Gasteiger partial charge is 0.267 e. The SMILES string of the molecule is NC(=O)c1cc(Oc2ccc(C[C@H](N)CO)cc2)ccn1. The van der Waals surface area contributed by atoms with Gasteiger partial charge in [0.05, 0.1) is 6.61 Å². The molecule has 0 bridgehead atoms. The molecule has 1 atom stereocenters. The third-order valence-corrected chi connectivity index (χ3v) is 2.88. The molecular weight excluding hydrogens is 270 g/mol. The van der Waals surface area contributed by atoms with Crippen LogP contribution in [0.1, 0.15) is 16.1 Å². The van der Waals surface area contributed by atoms with E-state index in [-0.39, 0.29) is 18.3 Å². The molecule has 0 aliphatic rings. The van der Waals surface area contributed by atoms with Crippen LogP contribution in [0.15, 0.2) is 42.6 Å². The fraction of sp³-hybridized carbons (Fsp3) is 0.200. The number of ether oxygens (including phenoxy) is 1. The molecule has 1 aromatic heterocycles. The molecule has 110 valence electrons. The van der Waals surface area contributed by atoms with E-state index in [1.165, 1.54) is 12.3 Å². The van der Waals surface area contributed by atoms with Gasteiger partial charge in [-0.1, -0.05) is 12.1 Å². The second-order valence-electron chi connectivity index (χ2n) is 4.63. The summed E-state index contributed by atoms with van der Waals surface area (Å²) in [5.41, 5.74) is 12.0. The molecule has 5 N–H and O–H groups in total. The van der Waals surface area contributed by atoms with E-state index in [0.717, 1.165) is 5.56 Å². The number of aromatic nitrogens is 1. The fourth-order valence-corrected chi connectivity index (χ4v) is 1.81. The number of aliphatic hydroxyl groups is 1. The van der Waals surface area contributed by atoms with Gasteiger partial charge in [0, 0.05) is 18.3 Å². The molecule has 0 spiro atoms. The number of nitrogens with two attached hydrogens (primary N) is 2. The van der Waals surface area contributed by atoms with Crippen molar-refractivity contribution in [2.24, 2.45) is 11.5 Å². The molecule has 1 heterocycles. The summed E-state index contributed by atoms with van der Waals surface area (Å²) in [6.45, 7) is -0.0504. The molecule has 0 fully saturated rings. The molecule has 1 amide bonds. The van der Waals surface area contributed by atoms with Gasteiger partial charge in [-0.05, 0) is 30.2 Å². The van der Waals surface area contributed by atoms with Gasteiger partial charge in [-0.2, -0.15) is 0 Å². The molecule has 6 nitrogen and oxygen atoms in total. The minimum atomic E-state index is -0.603. The average molecular weight is 287 g/mol. The first-order valence-electron chi connectivity index (χ1n) is 6.47. The Balaban J connectivity index is 2.06. The largest absolute Gasteiger partial charge is 0.457 e. The lowest BCUT2D eigenvalue weighted by molar-refractivity contribution is 0.0995. The van der Waals surface area contributed by atoms with Gasteiger partial charge in [-0.3, -0.25) is 9.78 Å². The predicted molar refractivity (Wildman–Crippen MR) is 78.0 cm³/mol. The first-order chi connectivity index (χ1) is 10.1. The standard InChI is InChI=1S/C15H17N3O3/c16-11(9-19)7-10-1-3-12(4-2-10)21-13-5-6-18-14(8-13)15(17)20/h1-6,8,11,19H,7,9,16H2,(H2,17,20)/t11-/m0/s1. The highest BCUT2D eigenvalue weighted by Crippen LogP contribution is 2.22. The number of primary amides is 1. The summed E-state index contributed by atoms with van der Waals surface area (Å²) in [6, 6.07) is 10.2. The van der Waals surface area contributed by atoms with Crippen molar-refractivity contribution in [3.05, 3.63) is 53.9 Å². The number of pyridine rings is 1. The van der Waals surface area contributed by atoms with Crippen LogP contribution >= 0.6 is 0 Å². The summed E-state index contributed by atoms with van der Waals surface area (Å²) >= 11 is 0. The number of hydrogen-bond acceptors (Lipinski definition) is 5. The fourth-order valence-electron chi connectivity index (χ4n) is 1.81. The molecule has 0 unspecified atom stereocenters. The van der Waals surface area contributed by atoms with E-state index in [4.69, 9.17) is 21.3 Å².